The molecule has 1 atom stereocenters. The van der Waals surface area contributed by atoms with Crippen LogP contribution in [0.15, 0.2) is 73.1 Å². The maximum Gasteiger partial charge on any atom is 0.335 e. The van der Waals surface area contributed by atoms with Crippen molar-refractivity contribution in [1.29, 1.82) is 0 Å². The molecule has 4 aromatic rings. The molecule has 0 saturated carbocycles. The molecule has 2 heterocycles. The molecule has 0 radical (unpaired) electrons. The van der Waals surface area contributed by atoms with E-state index in [1.807, 2.05) is 0 Å². The van der Waals surface area contributed by atoms with Crippen LogP contribution in [-0.2, 0) is 16.0 Å². The smallest absolute Gasteiger partial charge is 0.335 e. The van der Waals surface area contributed by atoms with E-state index in [9.17, 15) is 18.8 Å². The number of carbonyl (C=O) groups excluding carboxylic acids is 2. The molecule has 1 amide bonds. The normalized spacial score (nSPS) is 11.5. The number of halogens is 1. The molecule has 0 spiro atoms. The summed E-state index contributed by atoms with van der Waals surface area (Å²) in [6.07, 6.45) is 3.21. The van der Waals surface area contributed by atoms with Crippen molar-refractivity contribution in [3.05, 3.63) is 95.7 Å². The predicted octanol–water partition coefficient (Wildman–Crippen LogP) is 2.68. The molecule has 0 saturated heterocycles. The van der Waals surface area contributed by atoms with Crippen LogP contribution in [0, 0.1) is 5.82 Å². The average Bonchev–Trinajstić information content (AvgIpc) is 3.39. The summed E-state index contributed by atoms with van der Waals surface area (Å²) in [6.45, 7) is 0. The Balaban J connectivity index is 1.45. The second kappa shape index (κ2) is 10.6. The molecule has 2 N–H and O–H groups in total. The molecule has 0 aliphatic rings. The Kier molecular flexibility index (Phi) is 7.10. The number of nitrogens with zero attached hydrogens (tertiary/aromatic N) is 4. The van der Waals surface area contributed by atoms with Crippen LogP contribution in [0.3, 0.4) is 0 Å². The lowest BCUT2D eigenvalue weighted by atomic mass is 10.1. The number of hydrogen-bond acceptors (Lipinski definition) is 7. The number of hydrogen-bond donors (Lipinski definition) is 2. The Bertz CT molecular complexity index is 1390. The number of esters is 1. The van der Waals surface area contributed by atoms with E-state index in [1.165, 1.54) is 60.5 Å². The molecule has 0 bridgehead atoms. The number of rotatable bonds is 8. The van der Waals surface area contributed by atoms with Crippen LogP contribution in [-0.4, -0.2) is 56.1 Å². The molecule has 4 rings (SSSR count). The van der Waals surface area contributed by atoms with Crippen LogP contribution >= 0.6 is 0 Å². The van der Waals surface area contributed by atoms with Crippen molar-refractivity contribution < 1.29 is 28.6 Å². The fraction of sp³-hybridized carbons (Fsp3) is 0.120. The summed E-state index contributed by atoms with van der Waals surface area (Å²) in [7, 11) is 1.22. The number of amides is 1. The van der Waals surface area contributed by atoms with Gasteiger partial charge in [0, 0.05) is 18.2 Å². The van der Waals surface area contributed by atoms with Gasteiger partial charge in [-0.1, -0.05) is 17.3 Å². The Morgan fingerprint density at radius 3 is 2.39 bits per heavy atom. The fourth-order valence-electron chi connectivity index (χ4n) is 3.38. The molecule has 0 fully saturated rings. The third-order valence-electron chi connectivity index (χ3n) is 5.31. The first kappa shape index (κ1) is 24.2. The number of methoxy groups -OCH3 is 1. The van der Waals surface area contributed by atoms with Gasteiger partial charge in [-0.05, 0) is 54.1 Å². The van der Waals surface area contributed by atoms with Gasteiger partial charge in [0.2, 0.25) is 0 Å². The summed E-state index contributed by atoms with van der Waals surface area (Å²) in [5, 5.41) is 19.8. The Labute approximate surface area is 204 Å². The number of ether oxygens (including phenoxy) is 1. The number of aromatic carboxylic acids is 1. The lowest BCUT2D eigenvalue weighted by Crippen LogP contribution is -2.43. The molecule has 2 aromatic heterocycles. The molecular formula is C25H20FN5O5. The minimum atomic E-state index is -1.02. The monoisotopic (exact) mass is 489 g/mol. The van der Waals surface area contributed by atoms with E-state index in [-0.39, 0.29) is 17.7 Å². The van der Waals surface area contributed by atoms with Crippen molar-refractivity contribution in [2.24, 2.45) is 0 Å². The van der Waals surface area contributed by atoms with Crippen LogP contribution in [0.5, 0.6) is 0 Å². The van der Waals surface area contributed by atoms with Gasteiger partial charge in [-0.3, -0.25) is 9.78 Å². The van der Waals surface area contributed by atoms with Gasteiger partial charge in [0.25, 0.3) is 5.91 Å². The second-order valence-corrected chi connectivity index (χ2v) is 7.71. The number of pyridine rings is 1. The summed E-state index contributed by atoms with van der Waals surface area (Å²) in [6, 6.07) is 13.9. The summed E-state index contributed by atoms with van der Waals surface area (Å²) in [4.78, 5) is 40.1. The quantitative estimate of drug-likeness (QED) is 0.361. The molecule has 0 unspecified atom stereocenters. The van der Waals surface area contributed by atoms with Crippen LogP contribution < -0.4 is 5.32 Å². The number of carbonyl (C=O) groups is 3. The van der Waals surface area contributed by atoms with Crippen molar-refractivity contribution in [2.45, 2.75) is 12.5 Å². The number of aromatic nitrogens is 4. The zero-order valence-electron chi connectivity index (χ0n) is 19.0. The van der Waals surface area contributed by atoms with Gasteiger partial charge in [0.1, 0.15) is 23.2 Å². The highest BCUT2D eigenvalue weighted by Gasteiger charge is 2.23. The number of carboxylic acids is 1. The topological polar surface area (TPSA) is 136 Å². The minimum absolute atomic E-state index is 0.0726. The Morgan fingerprint density at radius 1 is 1.06 bits per heavy atom. The molecule has 11 heteroatoms. The summed E-state index contributed by atoms with van der Waals surface area (Å²) < 4.78 is 19.4. The predicted molar refractivity (Wildman–Crippen MR) is 125 cm³/mol. The van der Waals surface area contributed by atoms with E-state index >= 15 is 0 Å². The zero-order chi connectivity index (χ0) is 25.7. The first-order chi connectivity index (χ1) is 17.3. The maximum atomic E-state index is 13.2. The molecule has 0 aliphatic heterocycles. The molecule has 10 nitrogen and oxygen atoms in total. The van der Waals surface area contributed by atoms with E-state index in [4.69, 9.17) is 9.84 Å². The molecule has 182 valence electrons. The Morgan fingerprint density at radius 2 is 1.78 bits per heavy atom. The molecular weight excluding hydrogens is 469 g/mol. The second-order valence-electron chi connectivity index (χ2n) is 7.71. The fourth-order valence-corrected chi connectivity index (χ4v) is 3.38. The van der Waals surface area contributed by atoms with Gasteiger partial charge in [0.05, 0.1) is 24.6 Å². The first-order valence-electron chi connectivity index (χ1n) is 10.7. The third-order valence-corrected chi connectivity index (χ3v) is 5.31. The van der Waals surface area contributed by atoms with Crippen LogP contribution in [0.4, 0.5) is 4.39 Å². The van der Waals surface area contributed by atoms with E-state index in [0.29, 0.717) is 22.5 Å². The molecule has 36 heavy (non-hydrogen) atoms. The summed E-state index contributed by atoms with van der Waals surface area (Å²) in [5.41, 5.74) is 2.58. The van der Waals surface area contributed by atoms with Crippen molar-refractivity contribution in [2.75, 3.05) is 7.11 Å². The van der Waals surface area contributed by atoms with E-state index in [0.717, 1.165) is 0 Å². The van der Waals surface area contributed by atoms with Crippen LogP contribution in [0.1, 0.15) is 26.4 Å². The van der Waals surface area contributed by atoms with Gasteiger partial charge in [0.15, 0.2) is 0 Å². The highest BCUT2D eigenvalue weighted by atomic mass is 19.1. The van der Waals surface area contributed by atoms with Crippen LogP contribution in [0.2, 0.25) is 0 Å². The number of benzene rings is 2. The highest BCUT2D eigenvalue weighted by molar-refractivity contribution is 5.95. The lowest BCUT2D eigenvalue weighted by Gasteiger charge is -2.16. The first-order valence-corrected chi connectivity index (χ1v) is 10.7. The van der Waals surface area contributed by atoms with Gasteiger partial charge in [-0.2, -0.15) is 0 Å². The SMILES string of the molecule is COC(=O)[C@@H](Cc1ccc(F)cc1)NC(=O)c1ccc(-c2cn(-c3ccc(C(=O)O)cc3)nn2)cn1. The molecule has 2 aromatic carbocycles. The van der Waals surface area contributed by atoms with E-state index in [1.54, 1.807) is 24.4 Å². The third kappa shape index (κ3) is 5.58. The van der Waals surface area contributed by atoms with Gasteiger partial charge in [-0.25, -0.2) is 18.7 Å². The van der Waals surface area contributed by atoms with Crippen molar-refractivity contribution in [3.8, 4) is 16.9 Å². The minimum Gasteiger partial charge on any atom is -0.478 e. The molecule has 0 aliphatic carbocycles. The summed E-state index contributed by atoms with van der Waals surface area (Å²) >= 11 is 0. The maximum absolute atomic E-state index is 13.2. The number of nitrogens with one attached hydrogen (secondary N) is 1. The lowest BCUT2D eigenvalue weighted by molar-refractivity contribution is -0.142. The van der Waals surface area contributed by atoms with Gasteiger partial charge < -0.3 is 15.2 Å². The van der Waals surface area contributed by atoms with Crippen LogP contribution in [0.25, 0.3) is 16.9 Å². The van der Waals surface area contributed by atoms with Crippen molar-refractivity contribution in [1.82, 2.24) is 25.3 Å². The van der Waals surface area contributed by atoms with Gasteiger partial charge >= 0.3 is 11.9 Å². The highest BCUT2D eigenvalue weighted by Crippen LogP contribution is 2.18. The largest absolute Gasteiger partial charge is 0.478 e. The summed E-state index contributed by atoms with van der Waals surface area (Å²) in [5.74, 6) is -2.65. The van der Waals surface area contributed by atoms with Gasteiger partial charge in [-0.15, -0.1) is 5.10 Å². The van der Waals surface area contributed by atoms with Crippen molar-refractivity contribution in [3.63, 3.8) is 0 Å². The zero-order valence-corrected chi connectivity index (χ0v) is 19.0. The standard InChI is InChI=1S/C25H20FN5O5/c1-36-25(35)21(12-15-2-7-18(26)8-3-15)28-23(32)20-11-6-17(13-27-20)22-14-31(30-29-22)19-9-4-16(5-10-19)24(33)34/h2-11,13-14,21H,12H2,1H3,(H,28,32)(H,33,34)/t21-/m1/s1. The van der Waals surface area contributed by atoms with E-state index in [2.05, 4.69) is 20.6 Å². The van der Waals surface area contributed by atoms with Crippen molar-refractivity contribution >= 4 is 17.8 Å². The Hall–Kier alpha value is -4.93. The van der Waals surface area contributed by atoms with E-state index < -0.39 is 29.7 Å². The average molecular weight is 489 g/mol. The number of carboxylic acid groups (broad SMARTS) is 1.